The molecule has 1 fully saturated rings. The zero-order valence-corrected chi connectivity index (χ0v) is 15.2. The average Bonchev–Trinajstić information content (AvgIpc) is 2.44. The molecule has 1 aliphatic rings. The molecule has 1 saturated heterocycles. The van der Waals surface area contributed by atoms with Crippen molar-refractivity contribution in [3.05, 3.63) is 40.7 Å². The van der Waals surface area contributed by atoms with Gasteiger partial charge in [0.15, 0.2) is 0 Å². The third kappa shape index (κ3) is 5.80. The van der Waals surface area contributed by atoms with E-state index in [9.17, 15) is 14.4 Å². The van der Waals surface area contributed by atoms with Crippen LogP contribution < -0.4 is 5.32 Å². The number of benzene rings is 1. The first kappa shape index (κ1) is 19.5. The third-order valence-electron chi connectivity index (χ3n) is 2.67. The van der Waals surface area contributed by atoms with Gasteiger partial charge in [-0.1, -0.05) is 20.8 Å². The number of nitrogens with zero attached hydrogens (tertiary/aromatic N) is 1. The molecular weight excluding hydrogens is 440 g/mol. The maximum absolute atomic E-state index is 11.8. The van der Waals surface area contributed by atoms with Gasteiger partial charge in [0.05, 0.1) is 0 Å². The second-order valence-electron chi connectivity index (χ2n) is 4.18. The molecule has 21 heavy (non-hydrogen) atoms. The summed E-state index contributed by atoms with van der Waals surface area (Å²) in [6.45, 7) is 5.86. The largest absolute Gasteiger partial charge is 2.00 e. The first-order valence-electron chi connectivity index (χ1n) is 6.63. The number of imide groups is 1. The minimum Gasteiger partial charge on any atom is -0.684 e. The van der Waals surface area contributed by atoms with Crippen LogP contribution in [-0.4, -0.2) is 23.8 Å². The van der Waals surface area contributed by atoms with Crippen LogP contribution in [0.2, 0.25) is 0 Å². The van der Waals surface area contributed by atoms with Gasteiger partial charge in [-0.3, -0.25) is 14.9 Å². The summed E-state index contributed by atoms with van der Waals surface area (Å²) in [7, 11) is 0. The number of hydrogen-bond donors (Lipinski definition) is 1. The Bertz CT molecular complexity index is 517. The van der Waals surface area contributed by atoms with E-state index in [0.717, 1.165) is 5.56 Å². The molecule has 3 amide bonds. The molecule has 2 rings (SSSR count). The molecular formula is C15H18N2O3W. The van der Waals surface area contributed by atoms with E-state index in [1.54, 1.807) is 12.1 Å². The van der Waals surface area contributed by atoms with Crippen LogP contribution in [-0.2, 0) is 30.7 Å². The molecule has 1 aromatic rings. The van der Waals surface area contributed by atoms with Gasteiger partial charge in [0.1, 0.15) is 0 Å². The summed E-state index contributed by atoms with van der Waals surface area (Å²) in [5, 5.41) is 5.99. The fourth-order valence-corrected chi connectivity index (χ4v) is 1.72. The van der Waals surface area contributed by atoms with Crippen molar-refractivity contribution >= 4 is 17.7 Å². The zero-order chi connectivity index (χ0) is 15.1. The molecule has 0 unspecified atom stereocenters. The quantitative estimate of drug-likeness (QED) is 0.545. The Balaban J connectivity index is 0.00000128. The predicted molar refractivity (Wildman–Crippen MR) is 75.2 cm³/mol. The Morgan fingerprint density at radius 2 is 2.05 bits per heavy atom. The molecule has 0 saturated carbocycles. The van der Waals surface area contributed by atoms with E-state index in [4.69, 9.17) is 0 Å². The summed E-state index contributed by atoms with van der Waals surface area (Å²) in [4.78, 5) is 34.2. The van der Waals surface area contributed by atoms with E-state index in [2.05, 4.69) is 16.7 Å². The summed E-state index contributed by atoms with van der Waals surface area (Å²) >= 11 is 0. The van der Waals surface area contributed by atoms with Gasteiger partial charge in [0.2, 0.25) is 11.8 Å². The van der Waals surface area contributed by atoms with E-state index in [1.807, 2.05) is 26.8 Å². The molecule has 112 valence electrons. The summed E-state index contributed by atoms with van der Waals surface area (Å²) in [6, 6.07) is 7.13. The van der Waals surface area contributed by atoms with Crippen LogP contribution in [0, 0.1) is 13.0 Å². The topological polar surface area (TPSA) is 77.3 Å². The van der Waals surface area contributed by atoms with Crippen molar-refractivity contribution in [1.29, 1.82) is 0 Å². The Morgan fingerprint density at radius 1 is 1.38 bits per heavy atom. The molecule has 0 spiro atoms. The van der Waals surface area contributed by atoms with Gasteiger partial charge in [-0.15, -0.1) is 35.4 Å². The Morgan fingerprint density at radius 3 is 2.62 bits per heavy atom. The molecule has 1 N–H and O–H groups in total. The van der Waals surface area contributed by atoms with E-state index in [1.165, 1.54) is 0 Å². The SMILES string of the molecule is CC.Cc1cc[c-]c(C(=O)[N-][C@@H]2CCC(=O)NC2=O)c1.[W+2]. The van der Waals surface area contributed by atoms with Crippen LogP contribution in [0.1, 0.15) is 42.6 Å². The minimum absolute atomic E-state index is 0. The predicted octanol–water partition coefficient (Wildman–Crippen LogP) is 2.14. The van der Waals surface area contributed by atoms with Crippen LogP contribution in [0.3, 0.4) is 0 Å². The van der Waals surface area contributed by atoms with Crippen molar-refractivity contribution in [3.8, 4) is 0 Å². The van der Waals surface area contributed by atoms with Crippen molar-refractivity contribution in [2.75, 3.05) is 0 Å². The Hall–Kier alpha value is -1.48. The van der Waals surface area contributed by atoms with Crippen LogP contribution in [0.25, 0.3) is 5.32 Å². The molecule has 0 aliphatic carbocycles. The van der Waals surface area contributed by atoms with Gasteiger partial charge in [-0.2, -0.15) is 0 Å². The van der Waals surface area contributed by atoms with Gasteiger partial charge in [-0.05, 0) is 18.4 Å². The summed E-state index contributed by atoms with van der Waals surface area (Å²) < 4.78 is 0. The van der Waals surface area contributed by atoms with Crippen molar-refractivity contribution < 1.29 is 35.4 Å². The van der Waals surface area contributed by atoms with Crippen molar-refractivity contribution in [2.45, 2.75) is 39.7 Å². The number of aryl methyl sites for hydroxylation is 1. The van der Waals surface area contributed by atoms with Crippen molar-refractivity contribution in [3.63, 3.8) is 0 Å². The van der Waals surface area contributed by atoms with Crippen molar-refractivity contribution in [2.24, 2.45) is 0 Å². The molecule has 6 heteroatoms. The summed E-state index contributed by atoms with van der Waals surface area (Å²) in [5.41, 5.74) is 1.26. The normalized spacial score (nSPS) is 16.8. The number of piperidine rings is 1. The molecule has 0 bridgehead atoms. The number of carbonyl (C=O) groups is 3. The maximum atomic E-state index is 11.8. The second-order valence-corrected chi connectivity index (χ2v) is 4.18. The number of hydrogen-bond acceptors (Lipinski definition) is 3. The van der Waals surface area contributed by atoms with Crippen LogP contribution in [0.4, 0.5) is 0 Å². The van der Waals surface area contributed by atoms with Crippen LogP contribution in [0.5, 0.6) is 0 Å². The van der Waals surface area contributed by atoms with Crippen molar-refractivity contribution in [1.82, 2.24) is 5.32 Å². The molecule has 1 atom stereocenters. The number of amides is 3. The van der Waals surface area contributed by atoms with Gasteiger partial charge in [-0.25, -0.2) is 0 Å². The van der Waals surface area contributed by atoms with Crippen LogP contribution in [0.15, 0.2) is 18.2 Å². The summed E-state index contributed by atoms with van der Waals surface area (Å²) in [6.07, 6.45) is 0.493. The maximum Gasteiger partial charge on any atom is 2.00 e. The Kier molecular flexibility index (Phi) is 8.79. The van der Waals surface area contributed by atoms with Gasteiger partial charge in [0, 0.05) is 6.42 Å². The number of rotatable bonds is 2. The minimum atomic E-state index is -0.774. The molecule has 1 heterocycles. The fourth-order valence-electron chi connectivity index (χ4n) is 1.72. The fraction of sp³-hybridized carbons (Fsp3) is 0.400. The third-order valence-corrected chi connectivity index (χ3v) is 2.67. The molecule has 1 aliphatic heterocycles. The first-order valence-corrected chi connectivity index (χ1v) is 6.63. The number of carbonyl (C=O) groups excluding carboxylic acids is 3. The summed E-state index contributed by atoms with van der Waals surface area (Å²) in [5.74, 6) is -1.30. The monoisotopic (exact) mass is 458 g/mol. The van der Waals surface area contributed by atoms with Crippen LogP contribution >= 0.6 is 0 Å². The van der Waals surface area contributed by atoms with E-state index in [-0.39, 0.29) is 39.8 Å². The molecule has 0 aromatic heterocycles. The smallest absolute Gasteiger partial charge is 0.684 e. The average molecular weight is 458 g/mol. The number of nitrogens with one attached hydrogen (secondary N) is 1. The Labute approximate surface area is 139 Å². The zero-order valence-electron chi connectivity index (χ0n) is 12.3. The first-order chi connectivity index (χ1) is 9.56. The molecule has 0 radical (unpaired) electrons. The van der Waals surface area contributed by atoms with Gasteiger partial charge >= 0.3 is 21.1 Å². The van der Waals surface area contributed by atoms with Gasteiger partial charge < -0.3 is 10.1 Å². The van der Waals surface area contributed by atoms with Gasteiger partial charge in [0.25, 0.3) is 0 Å². The van der Waals surface area contributed by atoms with E-state index in [0.29, 0.717) is 5.56 Å². The second kappa shape index (κ2) is 9.45. The van der Waals surface area contributed by atoms with E-state index < -0.39 is 17.9 Å². The molecule has 1 aromatic carbocycles. The molecule has 5 nitrogen and oxygen atoms in total. The standard InChI is InChI=1S/C13H13N2O3.C2H6.W/c1-8-3-2-4-9(7-8)12(17)14-10-5-6-11(16)15-13(10)18;1-2;/h2-3,7,10H,5-6H2,1H3,(H2,14,15,16,17,18);1-2H3;/q-1;;+2/p-1/t10-;;/m1../s1. The van der Waals surface area contributed by atoms with E-state index >= 15 is 0 Å².